The zero-order valence-corrected chi connectivity index (χ0v) is 8.16. The molecule has 0 saturated heterocycles. The topological polar surface area (TPSA) is 17.8 Å². The van der Waals surface area contributed by atoms with Gasteiger partial charge in [-0.05, 0) is 36.8 Å². The summed E-state index contributed by atoms with van der Waals surface area (Å²) in [5.74, 6) is -0.220. The average molecular weight is 190 g/mol. The van der Waals surface area contributed by atoms with Crippen molar-refractivity contribution in [3.63, 3.8) is 0 Å². The van der Waals surface area contributed by atoms with Gasteiger partial charge < -0.3 is 0 Å². The number of hydrogen-bond acceptors (Lipinski definition) is 1. The molecule has 0 spiro atoms. The first-order chi connectivity index (χ1) is 6.66. The molecule has 1 aromatic carbocycles. The fraction of sp³-hybridized carbons (Fsp3) is 0.182. The van der Waals surface area contributed by atoms with Gasteiger partial charge in [0.2, 0.25) is 0 Å². The van der Waals surface area contributed by atoms with Gasteiger partial charge >= 0.3 is 0 Å². The van der Waals surface area contributed by atoms with E-state index in [4.69, 9.17) is 0 Å². The monoisotopic (exact) mass is 190 g/mol. The van der Waals surface area contributed by atoms with E-state index >= 15 is 0 Å². The lowest BCUT2D eigenvalue weighted by Crippen LogP contribution is -1.87. The van der Waals surface area contributed by atoms with Crippen molar-refractivity contribution in [2.75, 3.05) is 0 Å². The molecule has 2 rings (SSSR count). The third kappa shape index (κ3) is 1.53. The minimum Gasteiger partial charge on any atom is -0.275 e. The maximum Gasteiger partial charge on any atom is 0.123 e. The van der Waals surface area contributed by atoms with Gasteiger partial charge in [0.1, 0.15) is 5.82 Å². The fourth-order valence-corrected chi connectivity index (χ4v) is 1.50. The van der Waals surface area contributed by atoms with Crippen LogP contribution in [0.15, 0.2) is 30.5 Å². The highest BCUT2D eigenvalue weighted by Crippen LogP contribution is 2.20. The van der Waals surface area contributed by atoms with Crippen LogP contribution < -0.4 is 0 Å². The molecule has 0 radical (unpaired) electrons. The molecule has 0 saturated carbocycles. The lowest BCUT2D eigenvalue weighted by Gasteiger charge is -1.97. The van der Waals surface area contributed by atoms with Gasteiger partial charge in [0, 0.05) is 18.8 Å². The minimum absolute atomic E-state index is 0.220. The Morgan fingerprint density at radius 1 is 1.21 bits per heavy atom. The van der Waals surface area contributed by atoms with Crippen molar-refractivity contribution in [2.24, 2.45) is 7.05 Å². The van der Waals surface area contributed by atoms with E-state index < -0.39 is 0 Å². The maximum atomic E-state index is 12.7. The van der Waals surface area contributed by atoms with Gasteiger partial charge in [-0.25, -0.2) is 4.39 Å². The molecule has 2 nitrogen and oxygen atoms in total. The number of hydrogen-bond donors (Lipinski definition) is 0. The highest BCUT2D eigenvalue weighted by molar-refractivity contribution is 5.62. The first kappa shape index (κ1) is 8.94. The van der Waals surface area contributed by atoms with Crippen LogP contribution >= 0.6 is 0 Å². The Bertz CT molecular complexity index is 443. The second-order valence-corrected chi connectivity index (χ2v) is 3.34. The number of rotatable bonds is 1. The van der Waals surface area contributed by atoms with Gasteiger partial charge in [0.15, 0.2) is 0 Å². The number of aromatic nitrogens is 2. The Hall–Kier alpha value is -1.64. The molecule has 0 aliphatic carbocycles. The Kier molecular flexibility index (Phi) is 2.08. The van der Waals surface area contributed by atoms with Crippen LogP contribution in [0, 0.1) is 12.7 Å². The summed E-state index contributed by atoms with van der Waals surface area (Å²) in [5, 5.41) is 4.30. The van der Waals surface area contributed by atoms with Crippen LogP contribution in [-0.4, -0.2) is 9.78 Å². The van der Waals surface area contributed by atoms with E-state index in [0.717, 1.165) is 16.8 Å². The summed E-state index contributed by atoms with van der Waals surface area (Å²) in [4.78, 5) is 0. The molecule has 0 aliphatic rings. The number of nitrogens with zero attached hydrogens (tertiary/aromatic N) is 2. The van der Waals surface area contributed by atoms with Crippen molar-refractivity contribution in [1.82, 2.24) is 9.78 Å². The molecule has 0 aliphatic heterocycles. The second kappa shape index (κ2) is 3.25. The number of benzene rings is 1. The van der Waals surface area contributed by atoms with E-state index in [1.165, 1.54) is 12.1 Å². The van der Waals surface area contributed by atoms with Crippen LogP contribution in [0.25, 0.3) is 11.3 Å². The smallest absolute Gasteiger partial charge is 0.123 e. The molecule has 0 unspecified atom stereocenters. The summed E-state index contributed by atoms with van der Waals surface area (Å²) in [6, 6.07) is 6.38. The summed E-state index contributed by atoms with van der Waals surface area (Å²) in [5.41, 5.74) is 2.95. The van der Waals surface area contributed by atoms with Gasteiger partial charge in [-0.2, -0.15) is 5.10 Å². The van der Waals surface area contributed by atoms with Crippen molar-refractivity contribution in [1.29, 1.82) is 0 Å². The molecule has 0 bridgehead atoms. The van der Waals surface area contributed by atoms with Crippen molar-refractivity contribution < 1.29 is 4.39 Å². The summed E-state index contributed by atoms with van der Waals surface area (Å²) in [6.07, 6.45) is 1.94. The lowest BCUT2D eigenvalue weighted by atomic mass is 10.1. The molecule has 72 valence electrons. The number of halogens is 1. The molecule has 3 heteroatoms. The Labute approximate surface area is 82.0 Å². The minimum atomic E-state index is -0.220. The lowest BCUT2D eigenvalue weighted by molar-refractivity contribution is 0.628. The second-order valence-electron chi connectivity index (χ2n) is 3.34. The van der Waals surface area contributed by atoms with Gasteiger partial charge in [-0.1, -0.05) is 0 Å². The first-order valence-corrected chi connectivity index (χ1v) is 4.43. The van der Waals surface area contributed by atoms with Gasteiger partial charge in [0.05, 0.1) is 5.69 Å². The third-order valence-corrected chi connectivity index (χ3v) is 2.13. The summed E-state index contributed by atoms with van der Waals surface area (Å²) >= 11 is 0. The highest BCUT2D eigenvalue weighted by Gasteiger charge is 2.05. The summed E-state index contributed by atoms with van der Waals surface area (Å²) in [6.45, 7) is 1.99. The van der Waals surface area contributed by atoms with Crippen molar-refractivity contribution >= 4 is 0 Å². The van der Waals surface area contributed by atoms with Crippen molar-refractivity contribution in [2.45, 2.75) is 6.92 Å². The molecule has 1 heterocycles. The zero-order chi connectivity index (χ0) is 10.1. The Morgan fingerprint density at radius 2 is 1.86 bits per heavy atom. The van der Waals surface area contributed by atoms with Crippen LogP contribution in [0.2, 0.25) is 0 Å². The first-order valence-electron chi connectivity index (χ1n) is 4.43. The van der Waals surface area contributed by atoms with Crippen LogP contribution in [0.4, 0.5) is 4.39 Å². The molecule has 0 atom stereocenters. The predicted molar refractivity (Wildman–Crippen MR) is 53.3 cm³/mol. The van der Waals surface area contributed by atoms with E-state index in [1.54, 1.807) is 16.8 Å². The molecule has 1 aromatic heterocycles. The van der Waals surface area contributed by atoms with Gasteiger partial charge in [0.25, 0.3) is 0 Å². The number of aryl methyl sites for hydroxylation is 2. The van der Waals surface area contributed by atoms with Crippen molar-refractivity contribution in [3.8, 4) is 11.3 Å². The standard InChI is InChI=1S/C11H11FN2/c1-8-7-14(2)13-11(8)9-3-5-10(12)6-4-9/h3-7H,1-2H3. The largest absolute Gasteiger partial charge is 0.275 e. The molecule has 0 fully saturated rings. The molecular weight excluding hydrogens is 179 g/mol. The van der Waals surface area contributed by atoms with Gasteiger partial charge in [-0.3, -0.25) is 4.68 Å². The van der Waals surface area contributed by atoms with E-state index in [-0.39, 0.29) is 5.82 Å². The maximum absolute atomic E-state index is 12.7. The third-order valence-electron chi connectivity index (χ3n) is 2.13. The van der Waals surface area contributed by atoms with E-state index in [1.807, 2.05) is 20.2 Å². The van der Waals surface area contributed by atoms with Crippen molar-refractivity contribution in [3.05, 3.63) is 41.8 Å². The summed E-state index contributed by atoms with van der Waals surface area (Å²) < 4.78 is 14.4. The molecule has 0 amide bonds. The van der Waals surface area contributed by atoms with E-state index in [9.17, 15) is 4.39 Å². The Balaban J connectivity index is 2.49. The molecule has 2 aromatic rings. The SMILES string of the molecule is Cc1cn(C)nc1-c1ccc(F)cc1. The normalized spacial score (nSPS) is 10.5. The van der Waals surface area contributed by atoms with Crippen LogP contribution in [0.1, 0.15) is 5.56 Å². The van der Waals surface area contributed by atoms with Gasteiger partial charge in [-0.15, -0.1) is 0 Å². The molecule has 14 heavy (non-hydrogen) atoms. The van der Waals surface area contributed by atoms with Crippen LogP contribution in [-0.2, 0) is 7.05 Å². The van der Waals surface area contributed by atoms with E-state index in [0.29, 0.717) is 0 Å². The average Bonchev–Trinajstić information content (AvgIpc) is 2.47. The fourth-order valence-electron chi connectivity index (χ4n) is 1.50. The molecular formula is C11H11FN2. The highest BCUT2D eigenvalue weighted by atomic mass is 19.1. The predicted octanol–water partition coefficient (Wildman–Crippen LogP) is 2.53. The molecule has 0 N–H and O–H groups in total. The van der Waals surface area contributed by atoms with Crippen LogP contribution in [0.3, 0.4) is 0 Å². The zero-order valence-electron chi connectivity index (χ0n) is 8.16. The quantitative estimate of drug-likeness (QED) is 0.675. The van der Waals surface area contributed by atoms with E-state index in [2.05, 4.69) is 5.10 Å². The summed E-state index contributed by atoms with van der Waals surface area (Å²) in [7, 11) is 1.88. The van der Waals surface area contributed by atoms with Crippen LogP contribution in [0.5, 0.6) is 0 Å². The Morgan fingerprint density at radius 3 is 2.36 bits per heavy atom.